The fourth-order valence-electron chi connectivity index (χ4n) is 3.84. The van der Waals surface area contributed by atoms with Crippen LogP contribution in [0.25, 0.3) is 0 Å². The van der Waals surface area contributed by atoms with Gasteiger partial charge in [-0.3, -0.25) is 14.5 Å². The number of hydrogen-bond donors (Lipinski definition) is 1. The number of nitrogens with zero attached hydrogens (tertiary/aromatic N) is 3. The number of carbonyl (C=O) groups excluding carboxylic acids is 2. The van der Waals surface area contributed by atoms with Gasteiger partial charge in [0.15, 0.2) is 0 Å². The predicted octanol–water partition coefficient (Wildman–Crippen LogP) is 0.921. The first-order valence-corrected chi connectivity index (χ1v) is 9.18. The lowest BCUT2D eigenvalue weighted by Crippen LogP contribution is -2.56. The normalized spacial score (nSPS) is 23.3. The van der Waals surface area contributed by atoms with E-state index in [1.165, 1.54) is 5.69 Å². The molecule has 2 fully saturated rings. The monoisotopic (exact) mass is 344 g/mol. The second kappa shape index (κ2) is 7.87. The zero-order valence-corrected chi connectivity index (χ0v) is 14.9. The van der Waals surface area contributed by atoms with Gasteiger partial charge < -0.3 is 15.5 Å². The highest BCUT2D eigenvalue weighted by molar-refractivity contribution is 5.83. The highest BCUT2D eigenvalue weighted by Gasteiger charge is 2.32. The highest BCUT2D eigenvalue weighted by atomic mass is 16.2. The van der Waals surface area contributed by atoms with Crippen molar-refractivity contribution < 1.29 is 9.59 Å². The minimum atomic E-state index is -0.290. The number of carbonyl (C=O) groups is 2. The van der Waals surface area contributed by atoms with Gasteiger partial charge in [-0.2, -0.15) is 0 Å². The van der Waals surface area contributed by atoms with E-state index in [-0.39, 0.29) is 23.8 Å². The summed E-state index contributed by atoms with van der Waals surface area (Å²) in [7, 11) is 0. The second-order valence-electron chi connectivity index (χ2n) is 7.06. The van der Waals surface area contributed by atoms with Crippen LogP contribution in [0.5, 0.6) is 0 Å². The number of piperidine rings is 1. The van der Waals surface area contributed by atoms with E-state index in [4.69, 9.17) is 5.73 Å². The van der Waals surface area contributed by atoms with Gasteiger partial charge in [0.1, 0.15) is 0 Å². The average molecular weight is 344 g/mol. The van der Waals surface area contributed by atoms with Gasteiger partial charge in [-0.05, 0) is 31.9 Å². The van der Waals surface area contributed by atoms with E-state index in [1.54, 1.807) is 0 Å². The van der Waals surface area contributed by atoms with Gasteiger partial charge in [0.05, 0.1) is 12.0 Å². The minimum absolute atomic E-state index is 0.124. The van der Waals surface area contributed by atoms with Gasteiger partial charge in [-0.15, -0.1) is 0 Å². The molecule has 1 aromatic rings. The average Bonchev–Trinajstić information content (AvgIpc) is 2.67. The van der Waals surface area contributed by atoms with Gasteiger partial charge in [-0.25, -0.2) is 0 Å². The van der Waals surface area contributed by atoms with Crippen LogP contribution in [0, 0.1) is 5.92 Å². The molecule has 2 heterocycles. The molecule has 0 radical (unpaired) electrons. The van der Waals surface area contributed by atoms with Gasteiger partial charge in [0.2, 0.25) is 11.8 Å². The molecule has 6 heteroatoms. The molecule has 2 saturated heterocycles. The van der Waals surface area contributed by atoms with Crippen molar-refractivity contribution >= 4 is 17.5 Å². The Kier molecular flexibility index (Phi) is 5.58. The van der Waals surface area contributed by atoms with Crippen LogP contribution in [-0.4, -0.2) is 66.9 Å². The summed E-state index contributed by atoms with van der Waals surface area (Å²) in [6, 6.07) is 10.2. The van der Waals surface area contributed by atoms with E-state index in [2.05, 4.69) is 34.1 Å². The summed E-state index contributed by atoms with van der Waals surface area (Å²) in [5, 5.41) is 0. The fraction of sp³-hybridized carbons (Fsp3) is 0.579. The number of hydrogen-bond acceptors (Lipinski definition) is 4. The summed E-state index contributed by atoms with van der Waals surface area (Å²) >= 11 is 0. The molecule has 0 bridgehead atoms. The third-order valence-electron chi connectivity index (χ3n) is 5.48. The first kappa shape index (κ1) is 17.7. The van der Waals surface area contributed by atoms with Crippen LogP contribution in [0.1, 0.15) is 19.8 Å². The molecule has 0 saturated carbocycles. The number of benzene rings is 1. The third kappa shape index (κ3) is 4.12. The maximum absolute atomic E-state index is 12.8. The number of rotatable bonds is 4. The number of primary amides is 1. The fourth-order valence-corrected chi connectivity index (χ4v) is 3.84. The minimum Gasteiger partial charge on any atom is -0.369 e. The van der Waals surface area contributed by atoms with Crippen molar-refractivity contribution in [3.8, 4) is 0 Å². The molecule has 2 atom stereocenters. The molecule has 1 aromatic carbocycles. The molecule has 25 heavy (non-hydrogen) atoms. The Morgan fingerprint density at radius 3 is 2.40 bits per heavy atom. The van der Waals surface area contributed by atoms with E-state index in [0.717, 1.165) is 45.6 Å². The molecule has 2 aliphatic heterocycles. The number of para-hydroxylation sites is 1. The molecule has 136 valence electrons. The Morgan fingerprint density at radius 2 is 1.76 bits per heavy atom. The van der Waals surface area contributed by atoms with Crippen LogP contribution in [0.4, 0.5) is 5.69 Å². The predicted molar refractivity (Wildman–Crippen MR) is 98.2 cm³/mol. The van der Waals surface area contributed by atoms with Gasteiger partial charge in [0, 0.05) is 45.0 Å². The maximum atomic E-state index is 12.8. The molecule has 0 spiro atoms. The van der Waals surface area contributed by atoms with Gasteiger partial charge in [-0.1, -0.05) is 18.2 Å². The molecular formula is C19H28N4O2. The molecule has 2 N–H and O–H groups in total. The van der Waals surface area contributed by atoms with Gasteiger partial charge in [0.25, 0.3) is 0 Å². The van der Waals surface area contributed by atoms with Crippen molar-refractivity contribution in [2.24, 2.45) is 11.7 Å². The smallest absolute Gasteiger partial charge is 0.239 e. The lowest BCUT2D eigenvalue weighted by Gasteiger charge is -2.41. The Labute approximate surface area is 149 Å². The first-order valence-electron chi connectivity index (χ1n) is 9.18. The summed E-state index contributed by atoms with van der Waals surface area (Å²) in [6.07, 6.45) is 1.65. The first-order chi connectivity index (χ1) is 12.1. The third-order valence-corrected chi connectivity index (χ3v) is 5.48. The molecule has 2 aliphatic rings. The zero-order chi connectivity index (χ0) is 17.8. The van der Waals surface area contributed by atoms with Crippen molar-refractivity contribution in [1.29, 1.82) is 0 Å². The molecule has 0 unspecified atom stereocenters. The number of anilines is 1. The largest absolute Gasteiger partial charge is 0.369 e. The van der Waals surface area contributed by atoms with Crippen molar-refractivity contribution in [1.82, 2.24) is 9.80 Å². The summed E-state index contributed by atoms with van der Waals surface area (Å²) in [5.41, 5.74) is 6.66. The second-order valence-corrected chi connectivity index (χ2v) is 7.06. The number of likely N-dealkylation sites (tertiary alicyclic amines) is 1. The number of amides is 2. The van der Waals surface area contributed by atoms with E-state index >= 15 is 0 Å². The van der Waals surface area contributed by atoms with E-state index < -0.39 is 0 Å². The SMILES string of the molecule is C[C@@H](C(=O)N1CCC[C@H](C(N)=O)C1)N1CCN(c2ccccc2)CC1. The van der Waals surface area contributed by atoms with E-state index in [9.17, 15) is 9.59 Å². The maximum Gasteiger partial charge on any atom is 0.239 e. The van der Waals surface area contributed by atoms with Crippen LogP contribution < -0.4 is 10.6 Å². The summed E-state index contributed by atoms with van der Waals surface area (Å²) in [6.45, 7) is 6.77. The molecule has 0 aliphatic carbocycles. The summed E-state index contributed by atoms with van der Waals surface area (Å²) in [5.74, 6) is -0.361. The Hall–Kier alpha value is -2.08. The van der Waals surface area contributed by atoms with E-state index in [0.29, 0.717) is 6.54 Å². The molecule has 6 nitrogen and oxygen atoms in total. The van der Waals surface area contributed by atoms with Crippen molar-refractivity contribution in [2.75, 3.05) is 44.2 Å². The number of piperazine rings is 1. The summed E-state index contributed by atoms with van der Waals surface area (Å²) in [4.78, 5) is 30.7. The van der Waals surface area contributed by atoms with Crippen molar-refractivity contribution in [3.05, 3.63) is 30.3 Å². The van der Waals surface area contributed by atoms with Crippen molar-refractivity contribution in [3.63, 3.8) is 0 Å². The molecular weight excluding hydrogens is 316 g/mol. The van der Waals surface area contributed by atoms with Crippen LogP contribution in [0.2, 0.25) is 0 Å². The Bertz CT molecular complexity index is 599. The van der Waals surface area contributed by atoms with Crippen LogP contribution in [-0.2, 0) is 9.59 Å². The lowest BCUT2D eigenvalue weighted by atomic mass is 9.97. The lowest BCUT2D eigenvalue weighted by molar-refractivity contribution is -0.139. The van der Waals surface area contributed by atoms with Crippen molar-refractivity contribution in [2.45, 2.75) is 25.8 Å². The Morgan fingerprint density at radius 1 is 1.08 bits per heavy atom. The topological polar surface area (TPSA) is 69.9 Å². The van der Waals surface area contributed by atoms with Crippen LogP contribution in [0.15, 0.2) is 30.3 Å². The summed E-state index contributed by atoms with van der Waals surface area (Å²) < 4.78 is 0. The van der Waals surface area contributed by atoms with Crippen LogP contribution in [0.3, 0.4) is 0 Å². The Balaban J connectivity index is 1.54. The number of nitrogens with two attached hydrogens (primary N) is 1. The molecule has 2 amide bonds. The van der Waals surface area contributed by atoms with Gasteiger partial charge >= 0.3 is 0 Å². The standard InChI is InChI=1S/C19H28N4O2/c1-15(19(25)23-9-5-6-16(14-23)18(20)24)21-10-12-22(13-11-21)17-7-3-2-4-8-17/h2-4,7-8,15-16H,5-6,9-14H2,1H3,(H2,20,24)/t15-,16-/m0/s1. The molecule has 0 aromatic heterocycles. The molecule has 3 rings (SSSR count). The quantitative estimate of drug-likeness (QED) is 0.882. The zero-order valence-electron chi connectivity index (χ0n) is 14.9. The highest BCUT2D eigenvalue weighted by Crippen LogP contribution is 2.20. The van der Waals surface area contributed by atoms with Crippen LogP contribution >= 0.6 is 0 Å². The van der Waals surface area contributed by atoms with E-state index in [1.807, 2.05) is 17.9 Å².